The molecule has 0 amide bonds. The summed E-state index contributed by atoms with van der Waals surface area (Å²) in [4.78, 5) is 13.0. The van der Waals surface area contributed by atoms with Crippen molar-refractivity contribution >= 4 is 22.4 Å². The van der Waals surface area contributed by atoms with Crippen LogP contribution in [0.4, 0.5) is 5.69 Å². The molecule has 1 unspecified atom stereocenters. The summed E-state index contributed by atoms with van der Waals surface area (Å²) in [6.07, 6.45) is 0. The van der Waals surface area contributed by atoms with E-state index in [1.165, 1.54) is 0 Å². The molecular formula is C24H15NO3. The number of carbonyl (C=O) groups is 1. The van der Waals surface area contributed by atoms with Gasteiger partial charge in [0.1, 0.15) is 11.5 Å². The van der Waals surface area contributed by atoms with Crippen LogP contribution in [0.1, 0.15) is 27.0 Å². The second-order valence-electron chi connectivity index (χ2n) is 7.10. The minimum atomic E-state index is -1.09. The molecule has 2 aliphatic rings. The molecule has 0 saturated carbocycles. The van der Waals surface area contributed by atoms with Crippen LogP contribution in [0, 0.1) is 0 Å². The van der Waals surface area contributed by atoms with E-state index < -0.39 is 11.6 Å². The number of hydrogen-bond acceptors (Lipinski definition) is 4. The molecule has 1 atom stereocenters. The lowest BCUT2D eigenvalue weighted by Crippen LogP contribution is -2.33. The number of nitrogens with two attached hydrogens (primary N) is 1. The first-order valence-electron chi connectivity index (χ1n) is 9.12. The summed E-state index contributed by atoms with van der Waals surface area (Å²) in [6, 6.07) is 25.2. The van der Waals surface area contributed by atoms with Crippen molar-refractivity contribution in [3.63, 3.8) is 0 Å². The first-order chi connectivity index (χ1) is 13.7. The second kappa shape index (κ2) is 5.14. The maximum atomic E-state index is 13.0. The highest BCUT2D eigenvalue weighted by molar-refractivity contribution is 6.03. The van der Waals surface area contributed by atoms with Gasteiger partial charge in [-0.1, -0.05) is 60.7 Å². The van der Waals surface area contributed by atoms with Crippen LogP contribution in [0.25, 0.3) is 10.8 Å². The maximum Gasteiger partial charge on any atom is 0.342 e. The van der Waals surface area contributed by atoms with Crippen molar-refractivity contribution in [2.75, 3.05) is 5.73 Å². The van der Waals surface area contributed by atoms with Crippen LogP contribution in [0.15, 0.2) is 78.9 Å². The van der Waals surface area contributed by atoms with Gasteiger partial charge in [0.15, 0.2) is 5.60 Å². The lowest BCUT2D eigenvalue weighted by molar-refractivity contribution is 0.0230. The van der Waals surface area contributed by atoms with E-state index in [-0.39, 0.29) is 0 Å². The van der Waals surface area contributed by atoms with Gasteiger partial charge in [0.05, 0.1) is 11.1 Å². The monoisotopic (exact) mass is 365 g/mol. The van der Waals surface area contributed by atoms with E-state index in [2.05, 4.69) is 0 Å². The molecule has 28 heavy (non-hydrogen) atoms. The van der Waals surface area contributed by atoms with E-state index in [1.807, 2.05) is 72.8 Å². The molecule has 1 spiro atoms. The highest BCUT2D eigenvalue weighted by Crippen LogP contribution is 2.58. The molecule has 0 aliphatic carbocycles. The quantitative estimate of drug-likeness (QED) is 0.352. The van der Waals surface area contributed by atoms with Gasteiger partial charge >= 0.3 is 5.97 Å². The molecule has 0 radical (unpaired) electrons. The van der Waals surface area contributed by atoms with E-state index >= 15 is 0 Å². The number of rotatable bonds is 0. The van der Waals surface area contributed by atoms with Crippen molar-refractivity contribution in [2.45, 2.75) is 5.60 Å². The molecule has 4 heteroatoms. The highest BCUT2D eigenvalue weighted by Gasteiger charge is 2.54. The first kappa shape index (κ1) is 15.3. The first-order valence-corrected chi connectivity index (χ1v) is 9.12. The topological polar surface area (TPSA) is 61.6 Å². The Morgan fingerprint density at radius 2 is 1.54 bits per heavy atom. The van der Waals surface area contributed by atoms with Gasteiger partial charge in [0.2, 0.25) is 0 Å². The Labute approximate surface area is 161 Å². The smallest absolute Gasteiger partial charge is 0.342 e. The molecular weight excluding hydrogens is 350 g/mol. The Morgan fingerprint density at radius 3 is 2.46 bits per heavy atom. The minimum Gasteiger partial charge on any atom is -0.456 e. The number of benzene rings is 4. The number of esters is 1. The third kappa shape index (κ3) is 1.72. The van der Waals surface area contributed by atoms with Crippen LogP contribution in [0.3, 0.4) is 0 Å². The van der Waals surface area contributed by atoms with Gasteiger partial charge in [-0.3, -0.25) is 0 Å². The Balaban J connectivity index is 1.83. The number of hydrogen-bond donors (Lipinski definition) is 1. The third-order valence-electron chi connectivity index (χ3n) is 5.66. The number of anilines is 1. The van der Waals surface area contributed by atoms with Crippen molar-refractivity contribution in [1.29, 1.82) is 0 Å². The van der Waals surface area contributed by atoms with Gasteiger partial charge < -0.3 is 15.2 Å². The van der Waals surface area contributed by atoms with Crippen molar-refractivity contribution in [1.82, 2.24) is 0 Å². The molecule has 4 aromatic rings. The predicted molar refractivity (Wildman–Crippen MR) is 107 cm³/mol. The number of carbonyl (C=O) groups excluding carboxylic acids is 1. The molecule has 0 bridgehead atoms. The molecule has 0 fully saturated rings. The van der Waals surface area contributed by atoms with E-state index in [4.69, 9.17) is 15.2 Å². The van der Waals surface area contributed by atoms with Crippen LogP contribution in [0.5, 0.6) is 11.5 Å². The summed E-state index contributed by atoms with van der Waals surface area (Å²) in [6.45, 7) is 0. The predicted octanol–water partition coefficient (Wildman–Crippen LogP) is 4.99. The summed E-state index contributed by atoms with van der Waals surface area (Å²) < 4.78 is 12.4. The Hall–Kier alpha value is -3.79. The fraction of sp³-hybridized carbons (Fsp3) is 0.0417. The Bertz CT molecular complexity index is 1310. The molecule has 2 aliphatic heterocycles. The molecule has 2 heterocycles. The van der Waals surface area contributed by atoms with Crippen LogP contribution in [0.2, 0.25) is 0 Å². The van der Waals surface area contributed by atoms with Gasteiger partial charge in [-0.05, 0) is 29.0 Å². The fourth-order valence-corrected chi connectivity index (χ4v) is 4.52. The molecule has 0 aromatic heterocycles. The van der Waals surface area contributed by atoms with Crippen LogP contribution >= 0.6 is 0 Å². The lowest BCUT2D eigenvalue weighted by Gasteiger charge is -2.37. The SMILES string of the molecule is Nc1cccc2c1C(=O)OC21c2ccccc2Oc2ccc3ccccc3c21. The van der Waals surface area contributed by atoms with E-state index in [9.17, 15) is 4.79 Å². The zero-order chi connectivity index (χ0) is 18.9. The van der Waals surface area contributed by atoms with Gasteiger partial charge in [-0.15, -0.1) is 0 Å². The minimum absolute atomic E-state index is 0.413. The van der Waals surface area contributed by atoms with Gasteiger partial charge in [0.25, 0.3) is 0 Å². The summed E-state index contributed by atoms with van der Waals surface area (Å²) in [7, 11) is 0. The number of fused-ring (bicyclic) bond motifs is 8. The third-order valence-corrected chi connectivity index (χ3v) is 5.66. The lowest BCUT2D eigenvalue weighted by atomic mass is 9.76. The summed E-state index contributed by atoms with van der Waals surface area (Å²) in [5, 5.41) is 2.04. The summed E-state index contributed by atoms with van der Waals surface area (Å²) in [5.74, 6) is 0.942. The van der Waals surface area contributed by atoms with Crippen molar-refractivity contribution in [3.05, 3.63) is 101 Å². The normalized spacial score (nSPS) is 18.9. The molecule has 134 valence electrons. The van der Waals surface area contributed by atoms with Crippen molar-refractivity contribution in [2.24, 2.45) is 0 Å². The molecule has 6 rings (SSSR count). The van der Waals surface area contributed by atoms with Crippen molar-refractivity contribution < 1.29 is 14.3 Å². The maximum absolute atomic E-state index is 13.0. The average molecular weight is 365 g/mol. The Kier molecular flexibility index (Phi) is 2.80. The Morgan fingerprint density at radius 1 is 0.750 bits per heavy atom. The number of nitrogen functional groups attached to an aromatic ring is 1. The average Bonchev–Trinajstić information content (AvgIpc) is 3.02. The largest absolute Gasteiger partial charge is 0.456 e. The summed E-state index contributed by atoms with van der Waals surface area (Å²) >= 11 is 0. The van der Waals surface area contributed by atoms with E-state index in [0.29, 0.717) is 22.7 Å². The highest BCUT2D eigenvalue weighted by atomic mass is 16.6. The molecule has 2 N–H and O–H groups in total. The van der Waals surface area contributed by atoms with Gasteiger partial charge in [0, 0.05) is 16.8 Å². The van der Waals surface area contributed by atoms with Gasteiger partial charge in [-0.2, -0.15) is 0 Å². The molecule has 4 aromatic carbocycles. The van der Waals surface area contributed by atoms with Crippen LogP contribution in [-0.4, -0.2) is 5.97 Å². The zero-order valence-electron chi connectivity index (χ0n) is 14.8. The summed E-state index contributed by atoms with van der Waals surface area (Å²) in [5.41, 5.74) is 8.33. The standard InChI is InChI=1S/C24H15NO3/c25-18-10-5-9-17-21(18)23(26)28-24(17)16-8-3-4-11-19(16)27-20-13-12-14-6-1-2-7-15(14)22(20)24/h1-13H,25H2. The van der Waals surface area contributed by atoms with Crippen LogP contribution in [-0.2, 0) is 10.3 Å². The van der Waals surface area contributed by atoms with E-state index in [0.717, 1.165) is 27.5 Å². The second-order valence-corrected chi connectivity index (χ2v) is 7.10. The number of para-hydroxylation sites is 1. The van der Waals surface area contributed by atoms with Crippen molar-refractivity contribution in [3.8, 4) is 11.5 Å². The molecule has 0 saturated heterocycles. The van der Waals surface area contributed by atoms with Gasteiger partial charge in [-0.25, -0.2) is 4.79 Å². The molecule has 4 nitrogen and oxygen atoms in total. The van der Waals surface area contributed by atoms with Crippen LogP contribution < -0.4 is 10.5 Å². The zero-order valence-corrected chi connectivity index (χ0v) is 14.8. The van der Waals surface area contributed by atoms with E-state index in [1.54, 1.807) is 6.07 Å². The fourth-order valence-electron chi connectivity index (χ4n) is 4.52. The number of ether oxygens (including phenoxy) is 2.